The van der Waals surface area contributed by atoms with Crippen LogP contribution in [-0.2, 0) is 20.0 Å². The minimum absolute atomic E-state index is 0.222. The number of aryl methyl sites for hydroxylation is 1. The van der Waals surface area contributed by atoms with Crippen molar-refractivity contribution in [1.29, 1.82) is 0 Å². The zero-order chi connectivity index (χ0) is 17.6. The van der Waals surface area contributed by atoms with E-state index in [1.54, 1.807) is 16.8 Å². The maximum Gasteiger partial charge on any atom is 0.191 e. The molecule has 25 heavy (non-hydrogen) atoms. The molecule has 3 rings (SSSR count). The van der Waals surface area contributed by atoms with E-state index in [1.165, 1.54) is 12.4 Å². The van der Waals surface area contributed by atoms with E-state index in [1.807, 2.05) is 20.2 Å². The number of aromatic nitrogens is 4. The Kier molecular flexibility index (Phi) is 5.27. The molecule has 0 saturated carbocycles. The van der Waals surface area contributed by atoms with Gasteiger partial charge in [-0.3, -0.25) is 4.68 Å². The molecule has 0 aliphatic rings. The van der Waals surface area contributed by atoms with Gasteiger partial charge in [-0.1, -0.05) is 0 Å². The largest absolute Gasteiger partial charge is 0.361 e. The van der Waals surface area contributed by atoms with Gasteiger partial charge in [0.2, 0.25) is 0 Å². The van der Waals surface area contributed by atoms with Crippen LogP contribution in [0, 0.1) is 5.82 Å². The van der Waals surface area contributed by atoms with Crippen molar-refractivity contribution < 1.29 is 4.39 Å². The molecule has 0 atom stereocenters. The molecule has 2 aromatic heterocycles. The summed E-state index contributed by atoms with van der Waals surface area (Å²) in [6.45, 7) is 3.92. The lowest BCUT2D eigenvalue weighted by Gasteiger charge is -2.11. The monoisotopic (exact) mass is 343 g/mol. The van der Waals surface area contributed by atoms with E-state index in [0.717, 1.165) is 41.2 Å². The summed E-state index contributed by atoms with van der Waals surface area (Å²) in [4.78, 5) is 11.8. The Balaban J connectivity index is 1.61. The van der Waals surface area contributed by atoms with Gasteiger partial charge in [0, 0.05) is 37.2 Å². The summed E-state index contributed by atoms with van der Waals surface area (Å²) in [7, 11) is 1.84. The fourth-order valence-corrected chi connectivity index (χ4v) is 2.63. The molecular formula is C17H22FN7. The van der Waals surface area contributed by atoms with Crippen molar-refractivity contribution in [3.05, 3.63) is 47.9 Å². The van der Waals surface area contributed by atoms with E-state index < -0.39 is 0 Å². The molecule has 3 N–H and O–H groups in total. The number of benzene rings is 1. The van der Waals surface area contributed by atoms with Crippen LogP contribution in [0.2, 0.25) is 0 Å². The van der Waals surface area contributed by atoms with Gasteiger partial charge in [0.15, 0.2) is 5.96 Å². The molecule has 0 amide bonds. The third-order valence-corrected chi connectivity index (χ3v) is 3.94. The Morgan fingerprint density at radius 2 is 2.24 bits per heavy atom. The number of guanidine groups is 1. The summed E-state index contributed by atoms with van der Waals surface area (Å²) in [5.74, 6) is 1.29. The van der Waals surface area contributed by atoms with Crippen molar-refractivity contribution in [2.24, 2.45) is 12.0 Å². The first-order valence-electron chi connectivity index (χ1n) is 8.28. The summed E-state index contributed by atoms with van der Waals surface area (Å²) < 4.78 is 15.1. The number of aliphatic imine (C=N–C) groups is 1. The van der Waals surface area contributed by atoms with E-state index in [-0.39, 0.29) is 5.82 Å². The molecule has 0 saturated heterocycles. The highest BCUT2D eigenvalue weighted by atomic mass is 19.1. The fourth-order valence-electron chi connectivity index (χ4n) is 2.63. The van der Waals surface area contributed by atoms with Gasteiger partial charge < -0.3 is 15.6 Å². The maximum absolute atomic E-state index is 13.4. The predicted octanol–water partition coefficient (Wildman–Crippen LogP) is 1.73. The normalized spacial score (nSPS) is 11.9. The molecule has 0 spiro atoms. The molecule has 0 radical (unpaired) electrons. The van der Waals surface area contributed by atoms with Gasteiger partial charge in [0.25, 0.3) is 0 Å². The van der Waals surface area contributed by atoms with Crippen molar-refractivity contribution in [3.63, 3.8) is 0 Å². The number of aromatic amines is 1. The third-order valence-electron chi connectivity index (χ3n) is 3.94. The topological polar surface area (TPSA) is 82.9 Å². The van der Waals surface area contributed by atoms with Crippen LogP contribution in [0.25, 0.3) is 10.9 Å². The van der Waals surface area contributed by atoms with Gasteiger partial charge in [-0.15, -0.1) is 0 Å². The number of halogens is 1. The highest BCUT2D eigenvalue weighted by Gasteiger charge is 2.06. The number of nitrogens with one attached hydrogen (secondary N) is 3. The molecule has 1 aromatic carbocycles. The van der Waals surface area contributed by atoms with Crippen LogP contribution < -0.4 is 10.6 Å². The van der Waals surface area contributed by atoms with Crippen molar-refractivity contribution in [3.8, 4) is 0 Å². The molecule has 0 bridgehead atoms. The highest BCUT2D eigenvalue weighted by Crippen LogP contribution is 2.19. The molecule has 7 nitrogen and oxygen atoms in total. The minimum atomic E-state index is -0.222. The first-order valence-corrected chi connectivity index (χ1v) is 8.28. The van der Waals surface area contributed by atoms with Crippen molar-refractivity contribution >= 4 is 16.9 Å². The fraction of sp³-hybridized carbons (Fsp3) is 0.353. The van der Waals surface area contributed by atoms with E-state index in [9.17, 15) is 4.39 Å². The second-order valence-electron chi connectivity index (χ2n) is 5.68. The van der Waals surface area contributed by atoms with Gasteiger partial charge in [-0.05, 0) is 37.1 Å². The zero-order valence-corrected chi connectivity index (χ0v) is 14.4. The molecule has 8 heteroatoms. The SMILES string of the molecule is CCNC(=NCc1ncnn1C)NCCc1c[nH]c2ccc(F)cc12. The van der Waals surface area contributed by atoms with Crippen LogP contribution in [0.4, 0.5) is 4.39 Å². The number of H-pyrrole nitrogens is 1. The standard InChI is InChI=1S/C17H22FN7/c1-3-19-17(22-10-16-23-11-24-25(16)2)20-7-6-12-9-21-15-5-4-13(18)8-14(12)15/h4-5,8-9,11,21H,3,6-7,10H2,1-2H3,(H2,19,20,22). The van der Waals surface area contributed by atoms with Crippen LogP contribution in [0.15, 0.2) is 35.7 Å². The first-order chi connectivity index (χ1) is 12.2. The van der Waals surface area contributed by atoms with E-state index in [2.05, 4.69) is 30.7 Å². The molecule has 2 heterocycles. The summed E-state index contributed by atoms with van der Waals surface area (Å²) in [5.41, 5.74) is 2.02. The lowest BCUT2D eigenvalue weighted by atomic mass is 10.1. The van der Waals surface area contributed by atoms with E-state index in [4.69, 9.17) is 0 Å². The summed E-state index contributed by atoms with van der Waals surface area (Å²) in [6, 6.07) is 4.78. The van der Waals surface area contributed by atoms with Crippen LogP contribution >= 0.6 is 0 Å². The van der Waals surface area contributed by atoms with Gasteiger partial charge in [-0.2, -0.15) is 5.10 Å². The molecule has 0 unspecified atom stereocenters. The Hall–Kier alpha value is -2.90. The smallest absolute Gasteiger partial charge is 0.191 e. The average molecular weight is 343 g/mol. The zero-order valence-electron chi connectivity index (χ0n) is 14.4. The Labute approximate surface area is 145 Å². The number of hydrogen-bond acceptors (Lipinski definition) is 3. The summed E-state index contributed by atoms with van der Waals surface area (Å²) in [6.07, 6.45) is 4.20. The van der Waals surface area contributed by atoms with Gasteiger partial charge in [0.1, 0.15) is 24.5 Å². The van der Waals surface area contributed by atoms with Gasteiger partial charge >= 0.3 is 0 Å². The average Bonchev–Trinajstić information content (AvgIpc) is 3.19. The molecule has 0 aliphatic carbocycles. The second kappa shape index (κ2) is 7.78. The number of nitrogens with zero attached hydrogens (tertiary/aromatic N) is 4. The Bertz CT molecular complexity index is 865. The number of fused-ring (bicyclic) bond motifs is 1. The molecule has 0 fully saturated rings. The minimum Gasteiger partial charge on any atom is -0.361 e. The molecule has 0 aliphatic heterocycles. The number of rotatable bonds is 6. The quantitative estimate of drug-likeness (QED) is 0.470. The Morgan fingerprint density at radius 3 is 3.00 bits per heavy atom. The van der Waals surface area contributed by atoms with Crippen LogP contribution in [0.5, 0.6) is 0 Å². The van der Waals surface area contributed by atoms with Gasteiger partial charge in [-0.25, -0.2) is 14.4 Å². The molecular weight excluding hydrogens is 321 g/mol. The van der Waals surface area contributed by atoms with E-state index in [0.29, 0.717) is 13.1 Å². The molecule has 3 aromatic rings. The van der Waals surface area contributed by atoms with Crippen LogP contribution in [0.3, 0.4) is 0 Å². The lowest BCUT2D eigenvalue weighted by molar-refractivity contribution is 0.629. The van der Waals surface area contributed by atoms with Crippen LogP contribution in [-0.4, -0.2) is 38.8 Å². The highest BCUT2D eigenvalue weighted by molar-refractivity contribution is 5.83. The first kappa shape index (κ1) is 16.9. The summed E-state index contributed by atoms with van der Waals surface area (Å²) in [5, 5.41) is 11.5. The summed E-state index contributed by atoms with van der Waals surface area (Å²) >= 11 is 0. The van der Waals surface area contributed by atoms with Crippen molar-refractivity contribution in [2.75, 3.05) is 13.1 Å². The predicted molar refractivity (Wildman–Crippen MR) is 95.8 cm³/mol. The second-order valence-corrected chi connectivity index (χ2v) is 5.68. The molecule has 132 valence electrons. The Morgan fingerprint density at radius 1 is 1.36 bits per heavy atom. The van der Waals surface area contributed by atoms with Crippen molar-refractivity contribution in [2.45, 2.75) is 19.9 Å². The third kappa shape index (κ3) is 4.14. The van der Waals surface area contributed by atoms with Crippen molar-refractivity contribution in [1.82, 2.24) is 30.4 Å². The van der Waals surface area contributed by atoms with Gasteiger partial charge in [0.05, 0.1) is 0 Å². The number of hydrogen-bond donors (Lipinski definition) is 3. The maximum atomic E-state index is 13.4. The van der Waals surface area contributed by atoms with Crippen LogP contribution in [0.1, 0.15) is 18.3 Å². The lowest BCUT2D eigenvalue weighted by Crippen LogP contribution is -2.38. The van der Waals surface area contributed by atoms with E-state index >= 15 is 0 Å².